The molecule has 0 saturated carbocycles. The predicted molar refractivity (Wildman–Crippen MR) is 111 cm³/mol. The molecule has 0 heterocycles. The first-order chi connectivity index (χ1) is 13.2. The Bertz CT molecular complexity index is 898. The molecule has 0 aliphatic heterocycles. The van der Waals surface area contributed by atoms with E-state index >= 15 is 0 Å². The summed E-state index contributed by atoms with van der Waals surface area (Å²) in [7, 11) is 0. The maximum absolute atomic E-state index is 6.08. The summed E-state index contributed by atoms with van der Waals surface area (Å²) in [5.74, 6) is 2.05. The van der Waals surface area contributed by atoms with Crippen LogP contribution in [-0.4, -0.2) is 5.90 Å². The second-order valence-electron chi connectivity index (χ2n) is 6.10. The molecular formula is C24H23NO2. The third-order valence-electron chi connectivity index (χ3n) is 3.96. The second-order valence-corrected chi connectivity index (χ2v) is 6.10. The molecule has 0 aliphatic rings. The third-order valence-corrected chi connectivity index (χ3v) is 3.96. The van der Waals surface area contributed by atoms with E-state index in [0.717, 1.165) is 29.2 Å². The van der Waals surface area contributed by atoms with Crippen molar-refractivity contribution in [2.24, 2.45) is 4.99 Å². The van der Waals surface area contributed by atoms with Gasteiger partial charge in [-0.15, -0.1) is 0 Å². The van der Waals surface area contributed by atoms with Crippen molar-refractivity contribution in [2.75, 3.05) is 0 Å². The molecule has 0 saturated heterocycles. The summed E-state index contributed by atoms with van der Waals surface area (Å²) in [5, 5.41) is 0. The van der Waals surface area contributed by atoms with E-state index in [9.17, 15) is 0 Å². The Hall–Kier alpha value is -3.33. The van der Waals surface area contributed by atoms with E-state index in [1.807, 2.05) is 84.9 Å². The molecule has 3 aromatic rings. The van der Waals surface area contributed by atoms with Crippen molar-refractivity contribution in [2.45, 2.75) is 20.3 Å². The largest absolute Gasteiger partial charge is 0.465 e. The first-order valence-electron chi connectivity index (χ1n) is 9.04. The lowest BCUT2D eigenvalue weighted by atomic mass is 10.2. The Balaban J connectivity index is 1.90. The molecule has 136 valence electrons. The van der Waals surface area contributed by atoms with Crippen LogP contribution in [0.1, 0.15) is 18.9 Å². The smallest absolute Gasteiger partial charge is 0.226 e. The Labute approximate surface area is 160 Å². The lowest BCUT2D eigenvalue weighted by molar-refractivity contribution is 0.471. The molecule has 0 fully saturated rings. The minimum atomic E-state index is 0.530. The van der Waals surface area contributed by atoms with Gasteiger partial charge in [-0.05, 0) is 49.7 Å². The zero-order valence-electron chi connectivity index (χ0n) is 15.6. The van der Waals surface area contributed by atoms with Crippen molar-refractivity contribution in [1.29, 1.82) is 0 Å². The van der Waals surface area contributed by atoms with E-state index in [-0.39, 0.29) is 0 Å². The quantitative estimate of drug-likeness (QED) is 0.287. The van der Waals surface area contributed by atoms with Gasteiger partial charge in [0, 0.05) is 5.57 Å². The zero-order valence-corrected chi connectivity index (χ0v) is 15.6. The Kier molecular flexibility index (Phi) is 6.42. The average Bonchev–Trinajstić information content (AvgIpc) is 2.71. The van der Waals surface area contributed by atoms with Crippen molar-refractivity contribution in [3.05, 3.63) is 102 Å². The number of benzene rings is 3. The predicted octanol–water partition coefficient (Wildman–Crippen LogP) is 6.48. The van der Waals surface area contributed by atoms with Gasteiger partial charge in [0.1, 0.15) is 11.5 Å². The van der Waals surface area contributed by atoms with Gasteiger partial charge < -0.3 is 9.47 Å². The highest BCUT2D eigenvalue weighted by Gasteiger charge is 2.10. The number of aliphatic imine (C=N–C) groups is 1. The fourth-order valence-electron chi connectivity index (χ4n) is 2.42. The highest BCUT2D eigenvalue weighted by molar-refractivity contribution is 5.96. The summed E-state index contributed by atoms with van der Waals surface area (Å²) < 4.78 is 11.9. The number of para-hydroxylation sites is 2. The van der Waals surface area contributed by atoms with E-state index in [1.54, 1.807) is 6.26 Å². The molecule has 3 aromatic carbocycles. The first-order valence-corrected chi connectivity index (χ1v) is 9.04. The highest BCUT2D eigenvalue weighted by Crippen LogP contribution is 2.20. The van der Waals surface area contributed by atoms with Gasteiger partial charge in [0.15, 0.2) is 0 Å². The fraction of sp³-hybridized carbons (Fsp3) is 0.125. The van der Waals surface area contributed by atoms with Crippen LogP contribution in [-0.2, 0) is 0 Å². The Morgan fingerprint density at radius 1 is 0.815 bits per heavy atom. The van der Waals surface area contributed by atoms with Gasteiger partial charge in [0.05, 0.1) is 11.9 Å². The van der Waals surface area contributed by atoms with Gasteiger partial charge in [-0.2, -0.15) is 0 Å². The van der Waals surface area contributed by atoms with Gasteiger partial charge in [0.25, 0.3) is 0 Å². The topological polar surface area (TPSA) is 30.8 Å². The molecule has 27 heavy (non-hydrogen) atoms. The number of aryl methyl sites for hydroxylation is 1. The average molecular weight is 357 g/mol. The first kappa shape index (κ1) is 18.5. The number of hydrogen-bond donors (Lipinski definition) is 0. The molecule has 0 amide bonds. The monoisotopic (exact) mass is 357 g/mol. The van der Waals surface area contributed by atoms with Crippen LogP contribution in [0.5, 0.6) is 11.5 Å². The fourth-order valence-corrected chi connectivity index (χ4v) is 2.42. The molecule has 0 aromatic heterocycles. The van der Waals surface area contributed by atoms with E-state index in [4.69, 9.17) is 14.5 Å². The van der Waals surface area contributed by atoms with Crippen LogP contribution in [0.4, 0.5) is 5.69 Å². The summed E-state index contributed by atoms with van der Waals surface area (Å²) in [6.45, 7) is 4.11. The standard InChI is InChI=1S/C24H23NO2/c1-3-20(18-26-22-16-14-19(2)15-17-22)24(25-21-10-6-4-7-11-21)27-23-12-8-5-9-13-23/h4-18H,3H2,1-2H3/b20-18?,25-24+. The SMILES string of the molecule is CCC(=COc1ccc(C)cc1)/C(=N\c1ccccc1)Oc1ccccc1. The van der Waals surface area contributed by atoms with Crippen LogP contribution in [0.3, 0.4) is 0 Å². The van der Waals surface area contributed by atoms with E-state index in [2.05, 4.69) is 13.8 Å². The van der Waals surface area contributed by atoms with Gasteiger partial charge in [-0.3, -0.25) is 0 Å². The van der Waals surface area contributed by atoms with Crippen molar-refractivity contribution in [3.8, 4) is 11.5 Å². The number of rotatable bonds is 6. The van der Waals surface area contributed by atoms with E-state index in [0.29, 0.717) is 5.90 Å². The van der Waals surface area contributed by atoms with Gasteiger partial charge in [-0.25, -0.2) is 4.99 Å². The Morgan fingerprint density at radius 2 is 1.44 bits per heavy atom. The molecule has 0 atom stereocenters. The Morgan fingerprint density at radius 3 is 2.07 bits per heavy atom. The van der Waals surface area contributed by atoms with Gasteiger partial charge in [0.2, 0.25) is 5.90 Å². The molecule has 0 bridgehead atoms. The summed E-state index contributed by atoms with van der Waals surface area (Å²) >= 11 is 0. The zero-order chi connectivity index (χ0) is 18.9. The maximum atomic E-state index is 6.08. The lowest BCUT2D eigenvalue weighted by Gasteiger charge is -2.12. The van der Waals surface area contributed by atoms with Crippen LogP contribution >= 0.6 is 0 Å². The summed E-state index contributed by atoms with van der Waals surface area (Å²) in [4.78, 5) is 4.70. The molecule has 3 rings (SSSR count). The van der Waals surface area contributed by atoms with Crippen LogP contribution < -0.4 is 9.47 Å². The van der Waals surface area contributed by atoms with E-state index < -0.39 is 0 Å². The van der Waals surface area contributed by atoms with Crippen molar-refractivity contribution in [3.63, 3.8) is 0 Å². The molecule has 3 heteroatoms. The van der Waals surface area contributed by atoms with Crippen molar-refractivity contribution < 1.29 is 9.47 Å². The number of ether oxygens (including phenoxy) is 2. The van der Waals surface area contributed by atoms with Gasteiger partial charge in [-0.1, -0.05) is 61.0 Å². The van der Waals surface area contributed by atoms with Crippen molar-refractivity contribution >= 4 is 11.6 Å². The molecule has 0 radical (unpaired) electrons. The minimum absolute atomic E-state index is 0.530. The molecule has 0 spiro atoms. The molecule has 3 nitrogen and oxygen atoms in total. The summed E-state index contributed by atoms with van der Waals surface area (Å²) in [5.41, 5.74) is 2.90. The van der Waals surface area contributed by atoms with Crippen LogP contribution in [0.15, 0.2) is 102 Å². The summed E-state index contributed by atoms with van der Waals surface area (Å²) in [6.07, 6.45) is 2.44. The molecular weight excluding hydrogens is 334 g/mol. The van der Waals surface area contributed by atoms with Gasteiger partial charge >= 0.3 is 0 Å². The lowest BCUT2D eigenvalue weighted by Crippen LogP contribution is -2.12. The maximum Gasteiger partial charge on any atom is 0.226 e. The second kappa shape index (κ2) is 9.39. The summed E-state index contributed by atoms with van der Waals surface area (Å²) in [6, 6.07) is 27.4. The molecule has 0 unspecified atom stereocenters. The van der Waals surface area contributed by atoms with Crippen molar-refractivity contribution in [1.82, 2.24) is 0 Å². The van der Waals surface area contributed by atoms with Crippen LogP contribution in [0, 0.1) is 6.92 Å². The number of hydrogen-bond acceptors (Lipinski definition) is 3. The number of nitrogens with zero attached hydrogens (tertiary/aromatic N) is 1. The molecule has 0 N–H and O–H groups in total. The highest BCUT2D eigenvalue weighted by atomic mass is 16.5. The normalized spacial score (nSPS) is 11.9. The van der Waals surface area contributed by atoms with E-state index in [1.165, 1.54) is 5.56 Å². The van der Waals surface area contributed by atoms with Crippen LogP contribution in [0.2, 0.25) is 0 Å². The molecule has 0 aliphatic carbocycles. The minimum Gasteiger partial charge on any atom is -0.465 e. The third kappa shape index (κ3) is 5.58. The van der Waals surface area contributed by atoms with Crippen LogP contribution in [0.25, 0.3) is 0 Å².